The van der Waals surface area contributed by atoms with Gasteiger partial charge in [-0.1, -0.05) is 6.07 Å². The highest BCUT2D eigenvalue weighted by Gasteiger charge is 2.34. The predicted molar refractivity (Wildman–Crippen MR) is 86.7 cm³/mol. The van der Waals surface area contributed by atoms with E-state index in [1.54, 1.807) is 11.3 Å². The zero-order valence-corrected chi connectivity index (χ0v) is 13.4. The molecule has 0 bridgehead atoms. The van der Waals surface area contributed by atoms with Crippen LogP contribution in [0.3, 0.4) is 0 Å². The standard InChI is InChI=1S/C15H25N3O2S/c1-2-16-14(17-10-13-4-3-9-21-13)18-11-15(5-7-19)6-8-20-12-15/h3-4,9,19H,2,5-8,10-12H2,1H3,(H2,16,17,18). The van der Waals surface area contributed by atoms with Crippen molar-refractivity contribution in [2.45, 2.75) is 26.3 Å². The molecule has 1 aromatic heterocycles. The smallest absolute Gasteiger partial charge is 0.191 e. The lowest BCUT2D eigenvalue weighted by atomic mass is 9.84. The lowest BCUT2D eigenvalue weighted by molar-refractivity contribution is 0.127. The molecule has 1 aliphatic heterocycles. The number of nitrogens with zero attached hydrogens (tertiary/aromatic N) is 1. The molecule has 1 aromatic rings. The number of thiophene rings is 1. The van der Waals surface area contributed by atoms with Crippen LogP contribution < -0.4 is 10.6 Å². The largest absolute Gasteiger partial charge is 0.396 e. The van der Waals surface area contributed by atoms with Gasteiger partial charge >= 0.3 is 0 Å². The van der Waals surface area contributed by atoms with E-state index in [1.807, 2.05) is 6.07 Å². The minimum absolute atomic E-state index is 0.0356. The van der Waals surface area contributed by atoms with Gasteiger partial charge in [-0.2, -0.15) is 0 Å². The van der Waals surface area contributed by atoms with Gasteiger partial charge in [-0.05, 0) is 31.2 Å². The second kappa shape index (κ2) is 8.36. The Bertz CT molecular complexity index is 428. The van der Waals surface area contributed by atoms with E-state index >= 15 is 0 Å². The van der Waals surface area contributed by atoms with E-state index < -0.39 is 0 Å². The molecule has 5 nitrogen and oxygen atoms in total. The summed E-state index contributed by atoms with van der Waals surface area (Å²) in [6.45, 7) is 6.06. The first-order valence-corrected chi connectivity index (χ1v) is 8.39. The van der Waals surface area contributed by atoms with Crippen LogP contribution in [0.1, 0.15) is 24.6 Å². The van der Waals surface area contributed by atoms with Crippen LogP contribution in [0.25, 0.3) is 0 Å². The number of hydrogen-bond donors (Lipinski definition) is 3. The molecule has 1 fully saturated rings. The van der Waals surface area contributed by atoms with Gasteiger partial charge in [-0.25, -0.2) is 4.99 Å². The summed E-state index contributed by atoms with van der Waals surface area (Å²) < 4.78 is 5.51. The van der Waals surface area contributed by atoms with Gasteiger partial charge in [0.2, 0.25) is 0 Å². The van der Waals surface area contributed by atoms with E-state index in [2.05, 4.69) is 34.0 Å². The number of hydrogen-bond acceptors (Lipinski definition) is 4. The number of nitrogens with one attached hydrogen (secondary N) is 2. The van der Waals surface area contributed by atoms with Crippen molar-refractivity contribution in [2.24, 2.45) is 10.4 Å². The summed E-state index contributed by atoms with van der Waals surface area (Å²) in [6.07, 6.45) is 1.76. The summed E-state index contributed by atoms with van der Waals surface area (Å²) in [5, 5.41) is 18.0. The summed E-state index contributed by atoms with van der Waals surface area (Å²) in [5.74, 6) is 0.829. The van der Waals surface area contributed by atoms with E-state index in [-0.39, 0.29) is 12.0 Å². The quantitative estimate of drug-likeness (QED) is 0.528. The van der Waals surface area contributed by atoms with Crippen molar-refractivity contribution in [3.63, 3.8) is 0 Å². The Kier molecular flexibility index (Phi) is 6.48. The lowest BCUT2D eigenvalue weighted by Crippen LogP contribution is -2.44. The monoisotopic (exact) mass is 311 g/mol. The molecule has 1 unspecified atom stereocenters. The number of aliphatic imine (C=N–C) groups is 1. The van der Waals surface area contributed by atoms with Gasteiger partial charge in [0, 0.05) is 36.6 Å². The summed E-state index contributed by atoms with van der Waals surface area (Å²) in [5.41, 5.74) is 0.0356. The third-order valence-electron chi connectivity index (χ3n) is 3.78. The zero-order chi connectivity index (χ0) is 15.0. The van der Waals surface area contributed by atoms with Crippen molar-refractivity contribution >= 4 is 17.3 Å². The second-order valence-corrected chi connectivity index (χ2v) is 6.44. The highest BCUT2D eigenvalue weighted by molar-refractivity contribution is 7.09. The molecule has 6 heteroatoms. The summed E-state index contributed by atoms with van der Waals surface area (Å²) in [4.78, 5) is 5.86. The Morgan fingerprint density at radius 1 is 1.52 bits per heavy atom. The maximum absolute atomic E-state index is 9.26. The number of ether oxygens (including phenoxy) is 1. The number of rotatable bonds is 7. The van der Waals surface area contributed by atoms with Gasteiger partial charge in [0.05, 0.1) is 13.2 Å². The van der Waals surface area contributed by atoms with Crippen molar-refractivity contribution in [3.05, 3.63) is 22.4 Å². The first kappa shape index (κ1) is 16.3. The zero-order valence-electron chi connectivity index (χ0n) is 12.6. The van der Waals surface area contributed by atoms with Crippen molar-refractivity contribution in [2.75, 3.05) is 32.9 Å². The van der Waals surface area contributed by atoms with Crippen LogP contribution in [0.4, 0.5) is 0 Å². The van der Waals surface area contributed by atoms with Crippen LogP contribution in [-0.4, -0.2) is 44.0 Å². The predicted octanol–water partition coefficient (Wildman–Crippen LogP) is 1.59. The number of aliphatic hydroxyl groups excluding tert-OH is 1. The third kappa shape index (κ3) is 4.98. The van der Waals surface area contributed by atoms with Crippen molar-refractivity contribution in [1.82, 2.24) is 10.6 Å². The highest BCUT2D eigenvalue weighted by atomic mass is 32.1. The van der Waals surface area contributed by atoms with E-state index in [0.717, 1.165) is 38.5 Å². The molecule has 0 spiro atoms. The Morgan fingerprint density at radius 3 is 3.05 bits per heavy atom. The van der Waals surface area contributed by atoms with Crippen LogP contribution in [-0.2, 0) is 11.3 Å². The minimum atomic E-state index is 0.0356. The second-order valence-electron chi connectivity index (χ2n) is 5.40. The molecule has 2 heterocycles. The number of guanidine groups is 1. The first-order valence-electron chi connectivity index (χ1n) is 7.51. The van der Waals surface area contributed by atoms with Crippen LogP contribution >= 0.6 is 11.3 Å². The molecule has 0 amide bonds. The van der Waals surface area contributed by atoms with E-state index in [0.29, 0.717) is 13.2 Å². The normalized spacial score (nSPS) is 22.5. The summed E-state index contributed by atoms with van der Waals surface area (Å²) in [7, 11) is 0. The van der Waals surface area contributed by atoms with Crippen LogP contribution in [0, 0.1) is 5.41 Å². The topological polar surface area (TPSA) is 65.9 Å². The molecule has 0 saturated carbocycles. The summed E-state index contributed by atoms with van der Waals surface area (Å²) >= 11 is 1.72. The summed E-state index contributed by atoms with van der Waals surface area (Å²) in [6, 6.07) is 4.14. The number of aliphatic hydroxyl groups is 1. The maximum atomic E-state index is 9.26. The molecule has 0 radical (unpaired) electrons. The third-order valence-corrected chi connectivity index (χ3v) is 4.64. The van der Waals surface area contributed by atoms with Gasteiger partial charge in [0.25, 0.3) is 0 Å². The fourth-order valence-corrected chi connectivity index (χ4v) is 3.11. The highest BCUT2D eigenvalue weighted by Crippen LogP contribution is 2.31. The molecule has 1 aliphatic rings. The first-order chi connectivity index (χ1) is 10.3. The van der Waals surface area contributed by atoms with E-state index in [9.17, 15) is 5.11 Å². The van der Waals surface area contributed by atoms with Gasteiger partial charge in [-0.3, -0.25) is 0 Å². The molecular weight excluding hydrogens is 286 g/mol. The molecule has 1 saturated heterocycles. The van der Waals surface area contributed by atoms with Crippen LogP contribution in [0.2, 0.25) is 0 Å². The molecule has 3 N–H and O–H groups in total. The molecule has 1 atom stereocenters. The Hall–Kier alpha value is -1.11. The van der Waals surface area contributed by atoms with Crippen LogP contribution in [0.5, 0.6) is 0 Å². The SMILES string of the molecule is CCNC(=NCc1cccs1)NCC1(CCO)CCOC1. The van der Waals surface area contributed by atoms with Crippen molar-refractivity contribution in [1.29, 1.82) is 0 Å². The fraction of sp³-hybridized carbons (Fsp3) is 0.667. The van der Waals surface area contributed by atoms with Gasteiger partial charge in [-0.15, -0.1) is 11.3 Å². The Morgan fingerprint density at radius 2 is 2.43 bits per heavy atom. The molecule has 118 valence electrons. The van der Waals surface area contributed by atoms with Crippen molar-refractivity contribution in [3.8, 4) is 0 Å². The van der Waals surface area contributed by atoms with Gasteiger partial charge in [0.1, 0.15) is 0 Å². The lowest BCUT2D eigenvalue weighted by Gasteiger charge is -2.27. The van der Waals surface area contributed by atoms with Crippen LogP contribution in [0.15, 0.2) is 22.5 Å². The Balaban J connectivity index is 1.90. The molecular formula is C15H25N3O2S. The molecule has 2 rings (SSSR count). The van der Waals surface area contributed by atoms with Crippen molar-refractivity contribution < 1.29 is 9.84 Å². The Labute approximate surface area is 130 Å². The average Bonchev–Trinajstić information content (AvgIpc) is 3.14. The fourth-order valence-electron chi connectivity index (χ4n) is 2.48. The minimum Gasteiger partial charge on any atom is -0.396 e. The molecule has 0 aliphatic carbocycles. The van der Waals surface area contributed by atoms with Gasteiger partial charge < -0.3 is 20.5 Å². The van der Waals surface area contributed by atoms with E-state index in [4.69, 9.17) is 4.74 Å². The average molecular weight is 311 g/mol. The maximum Gasteiger partial charge on any atom is 0.191 e. The molecule has 21 heavy (non-hydrogen) atoms. The van der Waals surface area contributed by atoms with Gasteiger partial charge in [0.15, 0.2) is 5.96 Å². The molecule has 0 aromatic carbocycles. The van der Waals surface area contributed by atoms with E-state index in [1.165, 1.54) is 4.88 Å².